The van der Waals surface area contributed by atoms with E-state index in [0.717, 1.165) is 15.1 Å². The van der Waals surface area contributed by atoms with Crippen molar-refractivity contribution < 1.29 is 0 Å². The maximum Gasteiger partial charge on any atom is 0.0931 e. The van der Waals surface area contributed by atoms with Crippen LogP contribution in [0, 0.1) is 0 Å². The van der Waals surface area contributed by atoms with E-state index in [-0.39, 0.29) is 0 Å². The summed E-state index contributed by atoms with van der Waals surface area (Å²) < 4.78 is 0.835. The molecular weight excluding hydrogens is 305 g/mol. The van der Waals surface area contributed by atoms with Gasteiger partial charge in [0, 0.05) is 20.5 Å². The lowest BCUT2D eigenvalue weighted by Crippen LogP contribution is -2.17. The third-order valence-electron chi connectivity index (χ3n) is 2.52. The van der Waals surface area contributed by atoms with Crippen molar-refractivity contribution in [2.45, 2.75) is 10.9 Å². The minimum absolute atomic E-state index is 0.322. The van der Waals surface area contributed by atoms with Crippen molar-refractivity contribution in [3.05, 3.63) is 50.6 Å². The molecular formula is C13H13Cl2NS2. The number of hydrogen-bond donors (Lipinski definition) is 1. The quantitative estimate of drug-likeness (QED) is 0.769. The Bertz CT molecular complexity index is 496. The molecule has 1 nitrogen and oxygen atoms in total. The molecule has 0 aliphatic carbocycles. The van der Waals surface area contributed by atoms with Gasteiger partial charge in [-0.05, 0) is 43.4 Å². The van der Waals surface area contributed by atoms with E-state index in [4.69, 9.17) is 23.2 Å². The number of thiophene rings is 1. The number of rotatable bonds is 5. The fourth-order valence-corrected chi connectivity index (χ4v) is 3.97. The van der Waals surface area contributed by atoms with Crippen LogP contribution in [0.25, 0.3) is 0 Å². The fraction of sp³-hybridized carbons (Fsp3) is 0.231. The Morgan fingerprint density at radius 2 is 1.89 bits per heavy atom. The van der Waals surface area contributed by atoms with Gasteiger partial charge >= 0.3 is 0 Å². The van der Waals surface area contributed by atoms with E-state index in [2.05, 4.69) is 11.4 Å². The first-order valence-electron chi connectivity index (χ1n) is 5.50. The largest absolute Gasteiger partial charge is 0.312 e. The van der Waals surface area contributed by atoms with Crippen molar-refractivity contribution in [3.8, 4) is 0 Å². The number of benzene rings is 1. The van der Waals surface area contributed by atoms with E-state index in [9.17, 15) is 0 Å². The maximum atomic E-state index is 5.97. The smallest absolute Gasteiger partial charge is 0.0931 e. The van der Waals surface area contributed by atoms with Gasteiger partial charge in [0.05, 0.1) is 10.4 Å². The van der Waals surface area contributed by atoms with Gasteiger partial charge in [-0.25, -0.2) is 0 Å². The van der Waals surface area contributed by atoms with Crippen LogP contribution in [0.15, 0.2) is 41.3 Å². The van der Waals surface area contributed by atoms with Crippen LogP contribution in [0.5, 0.6) is 0 Å². The Morgan fingerprint density at radius 3 is 2.44 bits per heavy atom. The van der Waals surface area contributed by atoms with Crippen molar-refractivity contribution in [2.24, 2.45) is 0 Å². The second kappa shape index (κ2) is 6.83. The summed E-state index contributed by atoms with van der Waals surface area (Å²) in [5.74, 6) is 0.967. The van der Waals surface area contributed by atoms with Crippen molar-refractivity contribution in [1.82, 2.24) is 5.32 Å². The second-order valence-electron chi connectivity index (χ2n) is 3.75. The summed E-state index contributed by atoms with van der Waals surface area (Å²) in [5.41, 5.74) is 0. The number of hydrogen-bond acceptors (Lipinski definition) is 3. The molecule has 0 saturated carbocycles. The van der Waals surface area contributed by atoms with Crippen LogP contribution in [0.2, 0.25) is 9.36 Å². The predicted molar refractivity (Wildman–Crippen MR) is 83.3 cm³/mol. The molecule has 0 fully saturated rings. The normalized spacial score (nSPS) is 12.6. The zero-order valence-corrected chi connectivity index (χ0v) is 13.0. The van der Waals surface area contributed by atoms with Crippen LogP contribution in [-0.2, 0) is 0 Å². The van der Waals surface area contributed by atoms with Gasteiger partial charge in [-0.1, -0.05) is 23.2 Å². The van der Waals surface area contributed by atoms with E-state index in [1.54, 1.807) is 11.3 Å². The summed E-state index contributed by atoms with van der Waals surface area (Å²) >= 11 is 15.3. The van der Waals surface area contributed by atoms with Gasteiger partial charge in [-0.2, -0.15) is 0 Å². The van der Waals surface area contributed by atoms with Gasteiger partial charge in [0.1, 0.15) is 0 Å². The highest BCUT2D eigenvalue weighted by molar-refractivity contribution is 7.99. The summed E-state index contributed by atoms with van der Waals surface area (Å²) in [7, 11) is 1.97. The minimum atomic E-state index is 0.322. The molecule has 0 radical (unpaired) electrons. The number of nitrogens with one attached hydrogen (secondary N) is 1. The molecule has 5 heteroatoms. The molecule has 0 saturated heterocycles. The fourth-order valence-electron chi connectivity index (χ4n) is 1.53. The molecule has 1 atom stereocenters. The van der Waals surface area contributed by atoms with Crippen LogP contribution in [0.4, 0.5) is 0 Å². The predicted octanol–water partition coefficient (Wildman–Crippen LogP) is 5.11. The molecule has 2 aromatic rings. The molecule has 0 amide bonds. The Morgan fingerprint density at radius 1 is 1.17 bits per heavy atom. The third-order valence-corrected chi connectivity index (χ3v) is 5.22. The average Bonchev–Trinajstić information content (AvgIpc) is 2.79. The van der Waals surface area contributed by atoms with E-state index in [0.29, 0.717) is 6.04 Å². The van der Waals surface area contributed by atoms with E-state index in [1.165, 1.54) is 9.77 Å². The summed E-state index contributed by atoms with van der Waals surface area (Å²) in [4.78, 5) is 2.49. The zero-order valence-electron chi connectivity index (χ0n) is 9.82. The third kappa shape index (κ3) is 3.90. The van der Waals surface area contributed by atoms with Crippen molar-refractivity contribution in [1.29, 1.82) is 0 Å². The molecule has 96 valence electrons. The molecule has 0 spiro atoms. The highest BCUT2D eigenvalue weighted by atomic mass is 35.5. The summed E-state index contributed by atoms with van der Waals surface area (Å²) in [6.45, 7) is 0. The van der Waals surface area contributed by atoms with Crippen LogP contribution in [0.3, 0.4) is 0 Å². The first-order valence-corrected chi connectivity index (χ1v) is 8.05. The molecule has 1 aromatic heterocycles. The van der Waals surface area contributed by atoms with Gasteiger partial charge in [0.15, 0.2) is 0 Å². The topological polar surface area (TPSA) is 12.0 Å². The molecule has 18 heavy (non-hydrogen) atoms. The lowest BCUT2D eigenvalue weighted by atomic mass is 10.3. The molecule has 1 N–H and O–H groups in total. The highest BCUT2D eigenvalue weighted by Crippen LogP contribution is 2.31. The van der Waals surface area contributed by atoms with Crippen molar-refractivity contribution in [2.75, 3.05) is 12.8 Å². The monoisotopic (exact) mass is 317 g/mol. The minimum Gasteiger partial charge on any atom is -0.312 e. The first kappa shape index (κ1) is 14.2. The van der Waals surface area contributed by atoms with E-state index >= 15 is 0 Å². The Kier molecular flexibility index (Phi) is 5.39. The zero-order chi connectivity index (χ0) is 13.0. The lowest BCUT2D eigenvalue weighted by molar-refractivity contribution is 0.673. The van der Waals surface area contributed by atoms with Crippen molar-refractivity contribution in [3.63, 3.8) is 0 Å². The molecule has 0 aliphatic rings. The molecule has 0 bridgehead atoms. The van der Waals surface area contributed by atoms with Crippen molar-refractivity contribution >= 4 is 46.3 Å². The average molecular weight is 318 g/mol. The first-order chi connectivity index (χ1) is 8.69. The molecule has 1 aromatic carbocycles. The molecule has 2 rings (SSSR count). The molecule has 1 heterocycles. The summed E-state index contributed by atoms with van der Waals surface area (Å²) in [6.07, 6.45) is 0. The van der Waals surface area contributed by atoms with Crippen LogP contribution < -0.4 is 5.32 Å². The van der Waals surface area contributed by atoms with E-state index < -0.39 is 0 Å². The molecule has 0 aliphatic heterocycles. The van der Waals surface area contributed by atoms with Gasteiger partial charge in [0.2, 0.25) is 0 Å². The van der Waals surface area contributed by atoms with Gasteiger partial charge in [-0.15, -0.1) is 23.1 Å². The number of thioether (sulfide) groups is 1. The standard InChI is InChI=1S/C13H13Cl2NS2/c1-16-11(12-6-7-13(15)18-12)8-17-10-4-2-9(14)3-5-10/h2-7,11,16H,8H2,1H3. The summed E-state index contributed by atoms with van der Waals surface area (Å²) in [5, 5.41) is 4.09. The van der Waals surface area contributed by atoms with Crippen LogP contribution in [0.1, 0.15) is 10.9 Å². The number of halogens is 2. The van der Waals surface area contributed by atoms with Gasteiger partial charge < -0.3 is 5.32 Å². The Hall–Kier alpha value is -0.190. The second-order valence-corrected chi connectivity index (χ2v) is 7.02. The van der Waals surface area contributed by atoms with E-state index in [1.807, 2.05) is 49.1 Å². The highest BCUT2D eigenvalue weighted by Gasteiger charge is 2.12. The lowest BCUT2D eigenvalue weighted by Gasteiger charge is -2.13. The maximum absolute atomic E-state index is 5.97. The SMILES string of the molecule is CNC(CSc1ccc(Cl)cc1)c1ccc(Cl)s1. The van der Waals surface area contributed by atoms with Crippen LogP contribution >= 0.6 is 46.3 Å². The Labute approximate surface area is 126 Å². The molecule has 1 unspecified atom stereocenters. The van der Waals surface area contributed by atoms with Crippen LogP contribution in [-0.4, -0.2) is 12.8 Å². The summed E-state index contributed by atoms with van der Waals surface area (Å²) in [6, 6.07) is 12.3. The Balaban J connectivity index is 1.97. The van der Waals surface area contributed by atoms with Gasteiger partial charge in [0.25, 0.3) is 0 Å². The van der Waals surface area contributed by atoms with Gasteiger partial charge in [-0.3, -0.25) is 0 Å².